The number of para-hydroxylation sites is 1. The molecule has 1 aromatic carbocycles. The first-order valence-electron chi connectivity index (χ1n) is 7.83. The molecule has 1 saturated carbocycles. The monoisotopic (exact) mass is 310 g/mol. The van der Waals surface area contributed by atoms with Crippen molar-refractivity contribution >= 4 is 15.7 Å². The second-order valence-corrected chi connectivity index (χ2v) is 7.63. The van der Waals surface area contributed by atoms with Crippen molar-refractivity contribution in [1.82, 2.24) is 4.72 Å². The van der Waals surface area contributed by atoms with Crippen molar-refractivity contribution in [3.8, 4) is 0 Å². The van der Waals surface area contributed by atoms with Crippen molar-refractivity contribution in [2.45, 2.75) is 43.9 Å². The van der Waals surface area contributed by atoms with E-state index in [4.69, 9.17) is 0 Å². The number of hydrogen-bond donors (Lipinski definition) is 2. The minimum atomic E-state index is -3.43. The maximum absolute atomic E-state index is 12.4. The molecular weight excluding hydrogens is 284 g/mol. The molecule has 4 nitrogen and oxygen atoms in total. The van der Waals surface area contributed by atoms with Gasteiger partial charge in [-0.05, 0) is 36.8 Å². The lowest BCUT2D eigenvalue weighted by Gasteiger charge is -2.27. The van der Waals surface area contributed by atoms with Crippen LogP contribution >= 0.6 is 0 Å². The molecule has 0 saturated heterocycles. The van der Waals surface area contributed by atoms with Crippen LogP contribution in [0.1, 0.15) is 39.0 Å². The van der Waals surface area contributed by atoms with E-state index < -0.39 is 10.0 Å². The van der Waals surface area contributed by atoms with Crippen molar-refractivity contribution < 1.29 is 8.42 Å². The highest BCUT2D eigenvalue weighted by Gasteiger charge is 2.23. The molecule has 1 aromatic rings. The summed E-state index contributed by atoms with van der Waals surface area (Å²) in [6.45, 7) is 2.79. The SMILES string of the molecule is CCC1CCC(CNS(=O)(=O)c2ccccc2NC)CC1. The summed E-state index contributed by atoms with van der Waals surface area (Å²) in [5, 5.41) is 2.93. The zero-order valence-electron chi connectivity index (χ0n) is 12.9. The van der Waals surface area contributed by atoms with Crippen LogP contribution in [0.15, 0.2) is 29.2 Å². The molecule has 1 aliphatic carbocycles. The number of rotatable bonds is 6. The molecule has 2 rings (SSSR count). The molecule has 0 unspecified atom stereocenters. The van der Waals surface area contributed by atoms with Gasteiger partial charge in [-0.1, -0.05) is 38.3 Å². The summed E-state index contributed by atoms with van der Waals surface area (Å²) in [7, 11) is -1.70. The van der Waals surface area contributed by atoms with Crippen molar-refractivity contribution in [2.24, 2.45) is 11.8 Å². The fourth-order valence-electron chi connectivity index (χ4n) is 3.06. The lowest BCUT2D eigenvalue weighted by molar-refractivity contribution is 0.270. The van der Waals surface area contributed by atoms with Gasteiger partial charge in [-0.3, -0.25) is 0 Å². The summed E-state index contributed by atoms with van der Waals surface area (Å²) in [5.41, 5.74) is 0.639. The Hall–Kier alpha value is -1.07. The van der Waals surface area contributed by atoms with Crippen LogP contribution < -0.4 is 10.0 Å². The molecule has 2 N–H and O–H groups in total. The van der Waals surface area contributed by atoms with E-state index in [-0.39, 0.29) is 0 Å². The van der Waals surface area contributed by atoms with E-state index in [1.165, 1.54) is 19.3 Å². The van der Waals surface area contributed by atoms with Gasteiger partial charge in [-0.15, -0.1) is 0 Å². The topological polar surface area (TPSA) is 58.2 Å². The van der Waals surface area contributed by atoms with Crippen LogP contribution in [0.25, 0.3) is 0 Å². The molecule has 0 heterocycles. The van der Waals surface area contributed by atoms with E-state index in [1.807, 2.05) is 6.07 Å². The predicted octanol–water partition coefficient (Wildman–Crippen LogP) is 3.22. The highest BCUT2D eigenvalue weighted by molar-refractivity contribution is 7.89. The zero-order valence-corrected chi connectivity index (χ0v) is 13.7. The molecule has 1 fully saturated rings. The van der Waals surface area contributed by atoms with Crippen molar-refractivity contribution in [1.29, 1.82) is 0 Å². The minimum absolute atomic E-state index is 0.328. The van der Waals surface area contributed by atoms with Crippen molar-refractivity contribution in [2.75, 3.05) is 18.9 Å². The minimum Gasteiger partial charge on any atom is -0.387 e. The third-order valence-corrected chi connectivity index (χ3v) is 6.03. The first-order valence-corrected chi connectivity index (χ1v) is 9.31. The first-order chi connectivity index (χ1) is 10.1. The van der Waals surface area contributed by atoms with E-state index in [0.29, 0.717) is 23.0 Å². The maximum Gasteiger partial charge on any atom is 0.242 e. The predicted molar refractivity (Wildman–Crippen MR) is 86.9 cm³/mol. The van der Waals surface area contributed by atoms with Gasteiger partial charge in [0, 0.05) is 13.6 Å². The zero-order chi connectivity index (χ0) is 15.3. The summed E-state index contributed by atoms with van der Waals surface area (Å²) in [5.74, 6) is 1.31. The number of nitrogens with one attached hydrogen (secondary N) is 2. The molecule has 5 heteroatoms. The van der Waals surface area contributed by atoms with Crippen LogP contribution in [-0.4, -0.2) is 22.0 Å². The summed E-state index contributed by atoms with van der Waals surface area (Å²) >= 11 is 0. The van der Waals surface area contributed by atoms with Gasteiger partial charge in [-0.25, -0.2) is 13.1 Å². The van der Waals surface area contributed by atoms with Gasteiger partial charge in [0.05, 0.1) is 5.69 Å². The van der Waals surface area contributed by atoms with Crippen LogP contribution in [0.4, 0.5) is 5.69 Å². The summed E-state index contributed by atoms with van der Waals surface area (Å²) in [6, 6.07) is 7.00. The Balaban J connectivity index is 1.96. The average Bonchev–Trinajstić information content (AvgIpc) is 2.53. The average molecular weight is 310 g/mol. The van der Waals surface area contributed by atoms with Gasteiger partial charge >= 0.3 is 0 Å². The van der Waals surface area contributed by atoms with Gasteiger partial charge in [-0.2, -0.15) is 0 Å². The van der Waals surface area contributed by atoms with E-state index in [0.717, 1.165) is 18.8 Å². The van der Waals surface area contributed by atoms with Gasteiger partial charge in [0.25, 0.3) is 0 Å². The van der Waals surface area contributed by atoms with Crippen LogP contribution in [0.5, 0.6) is 0 Å². The largest absolute Gasteiger partial charge is 0.387 e. The lowest BCUT2D eigenvalue weighted by atomic mass is 9.81. The first kappa shape index (κ1) is 16.3. The Morgan fingerprint density at radius 3 is 2.33 bits per heavy atom. The number of sulfonamides is 1. The molecule has 0 atom stereocenters. The molecular formula is C16H26N2O2S. The molecule has 0 aliphatic heterocycles. The van der Waals surface area contributed by atoms with Crippen LogP contribution in [-0.2, 0) is 10.0 Å². The molecule has 0 bridgehead atoms. The third kappa shape index (κ3) is 4.20. The third-order valence-electron chi connectivity index (χ3n) is 4.55. The Labute approximate surface area is 128 Å². The van der Waals surface area contributed by atoms with Crippen LogP contribution in [0.3, 0.4) is 0 Å². The smallest absolute Gasteiger partial charge is 0.242 e. The molecule has 0 radical (unpaired) electrons. The summed E-state index contributed by atoms with van der Waals surface area (Å²) in [6.07, 6.45) is 5.98. The fourth-order valence-corrected chi connectivity index (χ4v) is 4.38. The summed E-state index contributed by atoms with van der Waals surface area (Å²) in [4.78, 5) is 0.328. The van der Waals surface area contributed by atoms with E-state index in [1.54, 1.807) is 25.2 Å². The van der Waals surface area contributed by atoms with Gasteiger partial charge in [0.2, 0.25) is 10.0 Å². The number of benzene rings is 1. The number of anilines is 1. The molecule has 1 aliphatic rings. The Morgan fingerprint density at radius 2 is 1.71 bits per heavy atom. The second-order valence-electron chi connectivity index (χ2n) is 5.89. The van der Waals surface area contributed by atoms with E-state index in [9.17, 15) is 8.42 Å². The van der Waals surface area contributed by atoms with E-state index >= 15 is 0 Å². The van der Waals surface area contributed by atoms with Crippen molar-refractivity contribution in [3.63, 3.8) is 0 Å². The molecule has 0 spiro atoms. The second kappa shape index (κ2) is 7.27. The van der Waals surface area contributed by atoms with Crippen LogP contribution in [0.2, 0.25) is 0 Å². The molecule has 21 heavy (non-hydrogen) atoms. The highest BCUT2D eigenvalue weighted by Crippen LogP contribution is 2.30. The normalized spacial score (nSPS) is 23.0. The van der Waals surface area contributed by atoms with Crippen molar-refractivity contribution in [3.05, 3.63) is 24.3 Å². The van der Waals surface area contributed by atoms with Gasteiger partial charge in [0.15, 0.2) is 0 Å². The van der Waals surface area contributed by atoms with E-state index in [2.05, 4.69) is 17.0 Å². The van der Waals surface area contributed by atoms with Gasteiger partial charge in [0.1, 0.15) is 4.90 Å². The highest BCUT2D eigenvalue weighted by atomic mass is 32.2. The fraction of sp³-hybridized carbons (Fsp3) is 0.625. The quantitative estimate of drug-likeness (QED) is 0.848. The molecule has 0 amide bonds. The lowest BCUT2D eigenvalue weighted by Crippen LogP contribution is -2.31. The molecule has 118 valence electrons. The Kier molecular flexibility index (Phi) is 5.65. The Morgan fingerprint density at radius 1 is 1.10 bits per heavy atom. The standard InChI is InChI=1S/C16H26N2O2S/c1-3-13-8-10-14(11-9-13)12-18-21(19,20)16-7-5-4-6-15(16)17-2/h4-7,13-14,17-18H,3,8-12H2,1-2H3. The Bertz CT molecular complexity index is 549. The summed E-state index contributed by atoms with van der Waals surface area (Å²) < 4.78 is 27.6. The van der Waals surface area contributed by atoms with Crippen LogP contribution in [0, 0.1) is 11.8 Å². The molecule has 0 aromatic heterocycles. The maximum atomic E-state index is 12.4. The van der Waals surface area contributed by atoms with Gasteiger partial charge < -0.3 is 5.32 Å². The number of hydrogen-bond acceptors (Lipinski definition) is 3.